The number of aromatic nitrogens is 3. The molecule has 9 heteroatoms. The number of benzene rings is 1. The second kappa shape index (κ2) is 6.15. The standard InChI is InChI=1S/C19H15N5O4/c25-17-6-5-15(18(26)20-17)23-9-11-8-12(3-4-13(11)19(23)27)24-10-14(21-22-24)16-2-1-7-28-16/h1-4,7-8,10,15H,5-6,9H2,(H,20,25,26). The van der Waals surface area contributed by atoms with Crippen molar-refractivity contribution in [1.82, 2.24) is 25.2 Å². The normalized spacial score (nSPS) is 19.1. The maximum Gasteiger partial charge on any atom is 0.255 e. The number of carbonyl (C=O) groups is 3. The van der Waals surface area contributed by atoms with Crippen LogP contribution in [0.25, 0.3) is 17.1 Å². The summed E-state index contributed by atoms with van der Waals surface area (Å²) in [5.41, 5.74) is 2.72. The van der Waals surface area contributed by atoms with E-state index in [2.05, 4.69) is 15.6 Å². The van der Waals surface area contributed by atoms with Gasteiger partial charge in [-0.15, -0.1) is 5.10 Å². The van der Waals surface area contributed by atoms with Crippen LogP contribution in [-0.4, -0.2) is 43.7 Å². The third-order valence-corrected chi connectivity index (χ3v) is 5.04. The van der Waals surface area contributed by atoms with Gasteiger partial charge in [-0.1, -0.05) is 5.21 Å². The highest BCUT2D eigenvalue weighted by atomic mass is 16.3. The highest BCUT2D eigenvalue weighted by Gasteiger charge is 2.39. The molecule has 0 radical (unpaired) electrons. The van der Waals surface area contributed by atoms with Crippen LogP contribution in [0.15, 0.2) is 47.2 Å². The quantitative estimate of drug-likeness (QED) is 0.689. The Morgan fingerprint density at radius 2 is 2.07 bits per heavy atom. The van der Waals surface area contributed by atoms with Crippen molar-refractivity contribution in [3.63, 3.8) is 0 Å². The Bertz CT molecular complexity index is 1100. The Morgan fingerprint density at radius 3 is 2.86 bits per heavy atom. The van der Waals surface area contributed by atoms with Crippen molar-refractivity contribution in [1.29, 1.82) is 0 Å². The number of carbonyl (C=O) groups excluding carboxylic acids is 3. The molecule has 2 aromatic heterocycles. The van der Waals surface area contributed by atoms with E-state index in [1.807, 2.05) is 6.07 Å². The van der Waals surface area contributed by atoms with Crippen LogP contribution in [-0.2, 0) is 16.1 Å². The summed E-state index contributed by atoms with van der Waals surface area (Å²) in [6, 6.07) is 8.32. The van der Waals surface area contributed by atoms with Crippen LogP contribution in [0.1, 0.15) is 28.8 Å². The number of nitrogens with zero attached hydrogens (tertiary/aromatic N) is 4. The first-order valence-corrected chi connectivity index (χ1v) is 8.84. The summed E-state index contributed by atoms with van der Waals surface area (Å²) in [6.07, 6.45) is 3.89. The van der Waals surface area contributed by atoms with Crippen molar-refractivity contribution < 1.29 is 18.8 Å². The largest absolute Gasteiger partial charge is 0.463 e. The van der Waals surface area contributed by atoms with Gasteiger partial charge in [-0.05, 0) is 42.3 Å². The number of imide groups is 1. The molecule has 1 atom stereocenters. The molecule has 1 unspecified atom stereocenters. The van der Waals surface area contributed by atoms with Gasteiger partial charge in [0.2, 0.25) is 11.8 Å². The van der Waals surface area contributed by atoms with Crippen molar-refractivity contribution in [2.24, 2.45) is 0 Å². The summed E-state index contributed by atoms with van der Waals surface area (Å²) in [5.74, 6) is -0.305. The molecule has 0 aliphatic carbocycles. The Hall–Kier alpha value is -3.75. The van der Waals surface area contributed by atoms with E-state index in [9.17, 15) is 14.4 Å². The fourth-order valence-corrected chi connectivity index (χ4v) is 3.63. The molecule has 2 aliphatic heterocycles. The molecular weight excluding hydrogens is 362 g/mol. The second-order valence-electron chi connectivity index (χ2n) is 6.77. The zero-order valence-corrected chi connectivity index (χ0v) is 14.7. The van der Waals surface area contributed by atoms with Crippen LogP contribution in [0.4, 0.5) is 0 Å². The summed E-state index contributed by atoms with van der Waals surface area (Å²) in [7, 11) is 0. The second-order valence-corrected chi connectivity index (χ2v) is 6.77. The minimum absolute atomic E-state index is 0.203. The van der Waals surface area contributed by atoms with Gasteiger partial charge in [-0.2, -0.15) is 0 Å². The summed E-state index contributed by atoms with van der Waals surface area (Å²) in [4.78, 5) is 37.8. The average molecular weight is 377 g/mol. The van der Waals surface area contributed by atoms with Gasteiger partial charge in [0.05, 0.1) is 18.1 Å². The molecule has 9 nitrogen and oxygen atoms in total. The van der Waals surface area contributed by atoms with Crippen LogP contribution in [0.3, 0.4) is 0 Å². The fraction of sp³-hybridized carbons (Fsp3) is 0.211. The van der Waals surface area contributed by atoms with Crippen molar-refractivity contribution >= 4 is 17.7 Å². The van der Waals surface area contributed by atoms with E-state index in [4.69, 9.17) is 4.42 Å². The molecule has 1 N–H and O–H groups in total. The maximum atomic E-state index is 12.7. The van der Waals surface area contributed by atoms with E-state index in [1.165, 1.54) is 4.90 Å². The fourth-order valence-electron chi connectivity index (χ4n) is 3.63. The molecule has 5 rings (SSSR count). The number of fused-ring (bicyclic) bond motifs is 1. The van der Waals surface area contributed by atoms with E-state index >= 15 is 0 Å². The molecular formula is C19H15N5O4. The molecule has 0 bridgehead atoms. The predicted octanol–water partition coefficient (Wildman–Crippen LogP) is 1.29. The lowest BCUT2D eigenvalue weighted by Gasteiger charge is -2.29. The van der Waals surface area contributed by atoms with Gasteiger partial charge in [0.15, 0.2) is 5.76 Å². The topological polar surface area (TPSA) is 110 Å². The lowest BCUT2D eigenvalue weighted by Crippen LogP contribution is -2.52. The molecule has 4 heterocycles. The molecule has 1 saturated heterocycles. The smallest absolute Gasteiger partial charge is 0.255 e. The van der Waals surface area contributed by atoms with Crippen LogP contribution in [0, 0.1) is 0 Å². The third kappa shape index (κ3) is 2.59. The Labute approximate surface area is 158 Å². The predicted molar refractivity (Wildman–Crippen MR) is 95.1 cm³/mol. The molecule has 2 aliphatic rings. The lowest BCUT2D eigenvalue weighted by molar-refractivity contribution is -0.136. The van der Waals surface area contributed by atoms with E-state index in [0.29, 0.717) is 30.0 Å². The SMILES string of the molecule is O=C1CCC(N2Cc3cc(-n4cc(-c5ccco5)nn4)ccc3C2=O)C(=O)N1. The molecule has 140 valence electrons. The van der Waals surface area contributed by atoms with Gasteiger partial charge in [-0.25, -0.2) is 4.68 Å². The van der Waals surface area contributed by atoms with E-state index < -0.39 is 11.9 Å². The van der Waals surface area contributed by atoms with E-state index in [0.717, 1.165) is 11.3 Å². The van der Waals surface area contributed by atoms with Gasteiger partial charge in [0.25, 0.3) is 5.91 Å². The molecule has 0 saturated carbocycles. The minimum Gasteiger partial charge on any atom is -0.463 e. The first-order chi connectivity index (χ1) is 13.6. The molecule has 3 amide bonds. The van der Waals surface area contributed by atoms with Crippen molar-refractivity contribution in [3.8, 4) is 17.1 Å². The lowest BCUT2D eigenvalue weighted by atomic mass is 10.0. The van der Waals surface area contributed by atoms with Gasteiger partial charge < -0.3 is 9.32 Å². The van der Waals surface area contributed by atoms with E-state index in [1.54, 1.807) is 41.4 Å². The number of furan rings is 1. The Kier molecular flexibility index (Phi) is 3.61. The maximum absolute atomic E-state index is 12.7. The van der Waals surface area contributed by atoms with E-state index in [-0.39, 0.29) is 18.2 Å². The third-order valence-electron chi connectivity index (χ3n) is 5.04. The summed E-state index contributed by atoms with van der Waals surface area (Å²) >= 11 is 0. The summed E-state index contributed by atoms with van der Waals surface area (Å²) < 4.78 is 6.94. The van der Waals surface area contributed by atoms with Gasteiger partial charge in [0.1, 0.15) is 11.7 Å². The highest BCUT2D eigenvalue weighted by molar-refractivity contribution is 6.05. The zero-order chi connectivity index (χ0) is 19.3. The summed E-state index contributed by atoms with van der Waals surface area (Å²) in [6.45, 7) is 0.314. The number of hydrogen-bond donors (Lipinski definition) is 1. The number of amides is 3. The Morgan fingerprint density at radius 1 is 1.18 bits per heavy atom. The molecule has 1 fully saturated rings. The average Bonchev–Trinajstić information content (AvgIpc) is 3.41. The van der Waals surface area contributed by atoms with Gasteiger partial charge in [0, 0.05) is 18.5 Å². The van der Waals surface area contributed by atoms with Gasteiger partial charge >= 0.3 is 0 Å². The van der Waals surface area contributed by atoms with Crippen molar-refractivity contribution in [2.75, 3.05) is 0 Å². The highest BCUT2D eigenvalue weighted by Crippen LogP contribution is 2.29. The van der Waals surface area contributed by atoms with Crippen LogP contribution in [0.5, 0.6) is 0 Å². The monoisotopic (exact) mass is 377 g/mol. The first kappa shape index (κ1) is 16.4. The number of nitrogens with one attached hydrogen (secondary N) is 1. The van der Waals surface area contributed by atoms with Crippen LogP contribution >= 0.6 is 0 Å². The Balaban J connectivity index is 1.42. The van der Waals surface area contributed by atoms with Crippen LogP contribution < -0.4 is 5.32 Å². The zero-order valence-electron chi connectivity index (χ0n) is 14.7. The summed E-state index contributed by atoms with van der Waals surface area (Å²) in [5, 5.41) is 10.5. The minimum atomic E-state index is -0.627. The van der Waals surface area contributed by atoms with Crippen molar-refractivity contribution in [3.05, 3.63) is 53.9 Å². The van der Waals surface area contributed by atoms with Gasteiger partial charge in [-0.3, -0.25) is 19.7 Å². The molecule has 1 aromatic carbocycles. The van der Waals surface area contributed by atoms with Crippen molar-refractivity contribution in [2.45, 2.75) is 25.4 Å². The first-order valence-electron chi connectivity index (χ1n) is 8.84. The number of rotatable bonds is 3. The molecule has 0 spiro atoms. The molecule has 3 aromatic rings. The number of piperidine rings is 1. The van der Waals surface area contributed by atoms with Crippen LogP contribution in [0.2, 0.25) is 0 Å². The molecule has 28 heavy (non-hydrogen) atoms. The number of hydrogen-bond acceptors (Lipinski definition) is 6.